The quantitative estimate of drug-likeness (QED) is 0.627. The summed E-state index contributed by atoms with van der Waals surface area (Å²) < 4.78 is 44.9. The summed E-state index contributed by atoms with van der Waals surface area (Å²) in [5.41, 5.74) is 0.413. The fraction of sp³-hybridized carbons (Fsp3) is 0.0588. The summed E-state index contributed by atoms with van der Waals surface area (Å²) in [5.74, 6) is -0.469. The van der Waals surface area contributed by atoms with E-state index in [4.69, 9.17) is 4.74 Å². The van der Waals surface area contributed by atoms with Gasteiger partial charge in [0.15, 0.2) is 11.7 Å². The van der Waals surface area contributed by atoms with Crippen LogP contribution in [0.25, 0.3) is 0 Å². The zero-order valence-electron chi connectivity index (χ0n) is 13.8. The highest BCUT2D eigenvalue weighted by atomic mass is 32.2. The van der Waals surface area contributed by atoms with Crippen molar-refractivity contribution >= 4 is 38.1 Å². The number of carbonyl (C=O) groups excluding carboxylic acids is 1. The normalized spacial score (nSPS) is 11.0. The number of rotatable bonds is 7. The number of halogens is 1. The maximum absolute atomic E-state index is 12.8. The number of benzene rings is 2. The van der Waals surface area contributed by atoms with Crippen LogP contribution in [0.4, 0.5) is 15.2 Å². The molecule has 0 atom stereocenters. The first-order valence-corrected chi connectivity index (χ1v) is 9.99. The van der Waals surface area contributed by atoms with E-state index in [1.165, 1.54) is 66.1 Å². The van der Waals surface area contributed by atoms with Crippen LogP contribution < -0.4 is 14.8 Å². The molecule has 0 aliphatic rings. The van der Waals surface area contributed by atoms with Crippen molar-refractivity contribution < 1.29 is 22.3 Å². The summed E-state index contributed by atoms with van der Waals surface area (Å²) in [6, 6.07) is 10.9. The predicted octanol–water partition coefficient (Wildman–Crippen LogP) is 3.10. The Morgan fingerprint density at radius 2 is 1.81 bits per heavy atom. The van der Waals surface area contributed by atoms with Crippen molar-refractivity contribution in [2.24, 2.45) is 0 Å². The SMILES string of the molecule is O=C(COc1ccc(F)cc1)Nc1ccc(S(=O)(=O)Nc2nccs2)cc1. The number of amides is 1. The van der Waals surface area contributed by atoms with Gasteiger partial charge in [0.25, 0.3) is 15.9 Å². The molecule has 2 aromatic carbocycles. The van der Waals surface area contributed by atoms with Crippen LogP contribution >= 0.6 is 11.3 Å². The van der Waals surface area contributed by atoms with E-state index in [0.29, 0.717) is 11.4 Å². The van der Waals surface area contributed by atoms with Crippen molar-refractivity contribution in [2.45, 2.75) is 4.90 Å². The summed E-state index contributed by atoms with van der Waals surface area (Å²) in [7, 11) is -3.75. The minimum atomic E-state index is -3.75. The summed E-state index contributed by atoms with van der Waals surface area (Å²) >= 11 is 1.17. The fourth-order valence-corrected chi connectivity index (χ4v) is 3.83. The first-order valence-electron chi connectivity index (χ1n) is 7.63. The number of carbonyl (C=O) groups is 1. The van der Waals surface area contributed by atoms with Crippen molar-refractivity contribution in [3.8, 4) is 5.75 Å². The summed E-state index contributed by atoms with van der Waals surface area (Å²) in [6.45, 7) is -0.267. The molecule has 0 saturated carbocycles. The minimum absolute atomic E-state index is 0.0401. The van der Waals surface area contributed by atoms with E-state index >= 15 is 0 Å². The molecule has 2 N–H and O–H groups in total. The van der Waals surface area contributed by atoms with E-state index in [1.54, 1.807) is 5.38 Å². The minimum Gasteiger partial charge on any atom is -0.484 e. The largest absolute Gasteiger partial charge is 0.484 e. The Morgan fingerprint density at radius 3 is 2.44 bits per heavy atom. The number of nitrogens with one attached hydrogen (secondary N) is 2. The molecule has 0 bridgehead atoms. The molecule has 0 saturated heterocycles. The molecule has 0 aliphatic carbocycles. The molecule has 0 spiro atoms. The molecule has 10 heteroatoms. The van der Waals surface area contributed by atoms with Gasteiger partial charge in [0, 0.05) is 17.3 Å². The lowest BCUT2D eigenvalue weighted by Gasteiger charge is -2.09. The van der Waals surface area contributed by atoms with Gasteiger partial charge >= 0.3 is 0 Å². The van der Waals surface area contributed by atoms with Crippen molar-refractivity contribution in [1.29, 1.82) is 0 Å². The van der Waals surface area contributed by atoms with E-state index in [0.717, 1.165) is 0 Å². The molecule has 3 aromatic rings. The van der Waals surface area contributed by atoms with Gasteiger partial charge in [-0.25, -0.2) is 17.8 Å². The maximum atomic E-state index is 12.8. The highest BCUT2D eigenvalue weighted by Gasteiger charge is 2.15. The first-order chi connectivity index (χ1) is 12.9. The second-order valence-electron chi connectivity index (χ2n) is 5.26. The predicted molar refractivity (Wildman–Crippen MR) is 99.9 cm³/mol. The Balaban J connectivity index is 1.56. The van der Waals surface area contributed by atoms with Crippen molar-refractivity contribution in [1.82, 2.24) is 4.98 Å². The Labute approximate surface area is 158 Å². The van der Waals surface area contributed by atoms with Gasteiger partial charge in [-0.05, 0) is 48.5 Å². The van der Waals surface area contributed by atoms with Crippen LogP contribution in [0, 0.1) is 5.82 Å². The molecule has 140 valence electrons. The zero-order chi connectivity index (χ0) is 19.3. The van der Waals surface area contributed by atoms with Gasteiger partial charge in [-0.15, -0.1) is 11.3 Å². The van der Waals surface area contributed by atoms with Crippen molar-refractivity contribution in [3.63, 3.8) is 0 Å². The molecule has 27 heavy (non-hydrogen) atoms. The first kappa shape index (κ1) is 18.8. The second-order valence-corrected chi connectivity index (χ2v) is 7.83. The summed E-state index contributed by atoms with van der Waals surface area (Å²) in [6.07, 6.45) is 1.50. The van der Waals surface area contributed by atoms with Crippen molar-refractivity contribution in [2.75, 3.05) is 16.6 Å². The Bertz CT molecular complexity index is 1010. The Morgan fingerprint density at radius 1 is 1.11 bits per heavy atom. The second kappa shape index (κ2) is 8.14. The average Bonchev–Trinajstić information content (AvgIpc) is 3.14. The van der Waals surface area contributed by atoms with Crippen LogP contribution in [0.1, 0.15) is 0 Å². The van der Waals surface area contributed by atoms with Gasteiger partial charge in [-0.3, -0.25) is 9.52 Å². The van der Waals surface area contributed by atoms with Crippen molar-refractivity contribution in [3.05, 3.63) is 65.9 Å². The van der Waals surface area contributed by atoms with Crippen LogP contribution in [0.5, 0.6) is 5.75 Å². The molecule has 0 unspecified atom stereocenters. The summed E-state index contributed by atoms with van der Waals surface area (Å²) in [5, 5.41) is 4.51. The van der Waals surface area contributed by atoms with Gasteiger partial charge in [0.05, 0.1) is 4.90 Å². The molecule has 7 nitrogen and oxygen atoms in total. The van der Waals surface area contributed by atoms with Gasteiger partial charge < -0.3 is 10.1 Å². The van der Waals surface area contributed by atoms with Gasteiger partial charge in [0.1, 0.15) is 11.6 Å². The number of anilines is 2. The topological polar surface area (TPSA) is 97.4 Å². The summed E-state index contributed by atoms with van der Waals surface area (Å²) in [4.78, 5) is 15.8. The smallest absolute Gasteiger partial charge is 0.263 e. The lowest BCUT2D eigenvalue weighted by Crippen LogP contribution is -2.20. The molecular weight excluding hydrogens is 393 g/mol. The number of nitrogens with zero attached hydrogens (tertiary/aromatic N) is 1. The number of aromatic nitrogens is 1. The third-order valence-electron chi connectivity index (χ3n) is 3.29. The van der Waals surface area contributed by atoms with Crippen LogP contribution in [0.3, 0.4) is 0 Å². The van der Waals surface area contributed by atoms with E-state index in [-0.39, 0.29) is 16.6 Å². The van der Waals surface area contributed by atoms with Crippen LogP contribution in [-0.2, 0) is 14.8 Å². The number of ether oxygens (including phenoxy) is 1. The highest BCUT2D eigenvalue weighted by molar-refractivity contribution is 7.93. The molecular formula is C17H14FN3O4S2. The van der Waals surface area contributed by atoms with E-state index in [9.17, 15) is 17.6 Å². The number of thiazole rings is 1. The van der Waals surface area contributed by atoms with Crippen LogP contribution in [0.15, 0.2) is 65.0 Å². The molecule has 1 amide bonds. The standard InChI is InChI=1S/C17H14FN3O4S2/c18-12-1-5-14(6-2-12)25-11-16(22)20-13-3-7-15(8-4-13)27(23,24)21-17-19-9-10-26-17/h1-10H,11H2,(H,19,21)(H,20,22). The zero-order valence-corrected chi connectivity index (χ0v) is 15.4. The van der Waals surface area contributed by atoms with Gasteiger partial charge in [0.2, 0.25) is 0 Å². The number of hydrogen-bond acceptors (Lipinski definition) is 6. The Hall–Kier alpha value is -2.98. The third kappa shape index (κ3) is 5.25. The maximum Gasteiger partial charge on any atom is 0.263 e. The lowest BCUT2D eigenvalue weighted by molar-refractivity contribution is -0.118. The molecule has 1 heterocycles. The fourth-order valence-electron chi connectivity index (χ4n) is 2.04. The molecule has 3 rings (SSSR count). The molecule has 0 aliphatic heterocycles. The van der Waals surface area contributed by atoms with Crippen LogP contribution in [-0.4, -0.2) is 25.9 Å². The Kier molecular flexibility index (Phi) is 5.67. The lowest BCUT2D eigenvalue weighted by atomic mass is 10.3. The van der Waals surface area contributed by atoms with Gasteiger partial charge in [-0.2, -0.15) is 0 Å². The number of hydrogen-bond donors (Lipinski definition) is 2. The molecule has 0 fully saturated rings. The highest BCUT2D eigenvalue weighted by Crippen LogP contribution is 2.19. The monoisotopic (exact) mass is 407 g/mol. The average molecular weight is 407 g/mol. The van der Waals surface area contributed by atoms with E-state index in [2.05, 4.69) is 15.0 Å². The number of sulfonamides is 1. The molecule has 0 radical (unpaired) electrons. The van der Waals surface area contributed by atoms with E-state index < -0.39 is 21.7 Å². The van der Waals surface area contributed by atoms with Crippen LogP contribution in [0.2, 0.25) is 0 Å². The van der Waals surface area contributed by atoms with Gasteiger partial charge in [-0.1, -0.05) is 0 Å². The third-order valence-corrected chi connectivity index (χ3v) is 5.46. The molecule has 1 aromatic heterocycles. The van der Waals surface area contributed by atoms with E-state index in [1.807, 2.05) is 0 Å².